The van der Waals surface area contributed by atoms with Crippen LogP contribution >= 0.6 is 0 Å². The summed E-state index contributed by atoms with van der Waals surface area (Å²) in [6.07, 6.45) is 6.59. The van der Waals surface area contributed by atoms with Crippen LogP contribution in [0.25, 0.3) is 0 Å². The molecule has 0 aliphatic heterocycles. The van der Waals surface area contributed by atoms with Gasteiger partial charge in [-0.05, 0) is 13.3 Å². The normalized spacial score (nSPS) is 12.5. The molecule has 0 bridgehead atoms. The van der Waals surface area contributed by atoms with E-state index < -0.39 is 0 Å². The second kappa shape index (κ2) is 9.00. The highest BCUT2D eigenvalue weighted by Crippen LogP contribution is 2.04. The van der Waals surface area contributed by atoms with E-state index in [1.165, 1.54) is 19.3 Å². The SMILES string of the molecule is CCCCCCCC(=O)NC(C)CN. The Morgan fingerprint density at radius 2 is 1.93 bits per heavy atom. The highest BCUT2D eigenvalue weighted by Gasteiger charge is 2.04. The van der Waals surface area contributed by atoms with Gasteiger partial charge in [0.2, 0.25) is 5.91 Å². The first-order valence-electron chi connectivity index (χ1n) is 5.70. The Kier molecular flexibility index (Phi) is 8.64. The third kappa shape index (κ3) is 8.05. The topological polar surface area (TPSA) is 55.1 Å². The zero-order chi connectivity index (χ0) is 10.8. The van der Waals surface area contributed by atoms with Gasteiger partial charge in [-0.1, -0.05) is 32.6 Å². The van der Waals surface area contributed by atoms with Gasteiger partial charge in [0.15, 0.2) is 0 Å². The van der Waals surface area contributed by atoms with Gasteiger partial charge in [0.05, 0.1) is 0 Å². The van der Waals surface area contributed by atoms with Crippen molar-refractivity contribution in [1.29, 1.82) is 0 Å². The van der Waals surface area contributed by atoms with Crippen LogP contribution in [0.4, 0.5) is 0 Å². The number of carbonyl (C=O) groups excluding carboxylic acids is 1. The van der Waals surface area contributed by atoms with E-state index in [0.29, 0.717) is 13.0 Å². The Hall–Kier alpha value is -0.570. The summed E-state index contributed by atoms with van der Waals surface area (Å²) in [4.78, 5) is 11.3. The van der Waals surface area contributed by atoms with Crippen LogP contribution in [0.1, 0.15) is 52.4 Å². The number of carbonyl (C=O) groups is 1. The molecule has 0 radical (unpaired) electrons. The Bertz CT molecular complexity index is 148. The number of hydrogen-bond acceptors (Lipinski definition) is 2. The van der Waals surface area contributed by atoms with Crippen molar-refractivity contribution in [3.63, 3.8) is 0 Å². The van der Waals surface area contributed by atoms with Crippen LogP contribution in [0.3, 0.4) is 0 Å². The van der Waals surface area contributed by atoms with Crippen molar-refractivity contribution >= 4 is 5.91 Å². The van der Waals surface area contributed by atoms with Crippen molar-refractivity contribution in [1.82, 2.24) is 5.32 Å². The molecule has 0 spiro atoms. The summed E-state index contributed by atoms with van der Waals surface area (Å²) in [5.41, 5.74) is 5.40. The van der Waals surface area contributed by atoms with Crippen molar-refractivity contribution in [2.24, 2.45) is 5.73 Å². The first-order valence-corrected chi connectivity index (χ1v) is 5.70. The van der Waals surface area contributed by atoms with Crippen LogP contribution in [0.15, 0.2) is 0 Å². The Morgan fingerprint density at radius 3 is 2.50 bits per heavy atom. The third-order valence-electron chi connectivity index (χ3n) is 2.27. The molecule has 0 aromatic carbocycles. The van der Waals surface area contributed by atoms with E-state index in [1.54, 1.807) is 0 Å². The molecule has 0 saturated carbocycles. The highest BCUT2D eigenvalue weighted by molar-refractivity contribution is 5.76. The maximum absolute atomic E-state index is 11.3. The molecule has 1 unspecified atom stereocenters. The zero-order valence-corrected chi connectivity index (χ0v) is 9.51. The quantitative estimate of drug-likeness (QED) is 0.587. The molecular weight excluding hydrogens is 176 g/mol. The standard InChI is InChI=1S/C11H24N2O/c1-3-4-5-6-7-8-11(14)13-10(2)9-12/h10H,3-9,12H2,1-2H3,(H,13,14). The van der Waals surface area contributed by atoms with Crippen LogP contribution in [0, 0.1) is 0 Å². The molecule has 0 rings (SSSR count). The summed E-state index contributed by atoms with van der Waals surface area (Å²) in [5.74, 6) is 0.138. The fourth-order valence-corrected chi connectivity index (χ4v) is 1.30. The number of amides is 1. The van der Waals surface area contributed by atoms with E-state index in [0.717, 1.165) is 12.8 Å². The molecule has 0 aliphatic rings. The summed E-state index contributed by atoms with van der Waals surface area (Å²) in [5, 5.41) is 2.86. The van der Waals surface area contributed by atoms with Crippen LogP contribution in [0.2, 0.25) is 0 Å². The van der Waals surface area contributed by atoms with Crippen LogP contribution in [-0.2, 0) is 4.79 Å². The largest absolute Gasteiger partial charge is 0.352 e. The molecule has 0 heterocycles. The first-order chi connectivity index (χ1) is 6.70. The number of unbranched alkanes of at least 4 members (excludes halogenated alkanes) is 4. The van der Waals surface area contributed by atoms with Crippen molar-refractivity contribution in [3.8, 4) is 0 Å². The van der Waals surface area contributed by atoms with Gasteiger partial charge in [0, 0.05) is 19.0 Å². The summed E-state index contributed by atoms with van der Waals surface area (Å²) in [6.45, 7) is 4.63. The summed E-state index contributed by atoms with van der Waals surface area (Å²) in [6, 6.07) is 0.109. The average Bonchev–Trinajstić information content (AvgIpc) is 2.17. The molecule has 1 amide bonds. The number of nitrogens with one attached hydrogen (secondary N) is 1. The number of nitrogens with two attached hydrogens (primary N) is 1. The van der Waals surface area contributed by atoms with E-state index in [4.69, 9.17) is 5.73 Å². The predicted molar refractivity (Wildman–Crippen MR) is 60.0 cm³/mol. The molecule has 14 heavy (non-hydrogen) atoms. The van der Waals surface area contributed by atoms with E-state index in [2.05, 4.69) is 12.2 Å². The van der Waals surface area contributed by atoms with Gasteiger partial charge in [-0.25, -0.2) is 0 Å². The lowest BCUT2D eigenvalue weighted by Gasteiger charge is -2.10. The van der Waals surface area contributed by atoms with Crippen molar-refractivity contribution in [3.05, 3.63) is 0 Å². The molecule has 1 atom stereocenters. The Morgan fingerprint density at radius 1 is 1.29 bits per heavy atom. The molecule has 3 heteroatoms. The molecule has 0 aromatic heterocycles. The van der Waals surface area contributed by atoms with Gasteiger partial charge < -0.3 is 11.1 Å². The molecule has 0 fully saturated rings. The summed E-state index contributed by atoms with van der Waals surface area (Å²) in [7, 11) is 0. The van der Waals surface area contributed by atoms with E-state index in [1.807, 2.05) is 6.92 Å². The highest BCUT2D eigenvalue weighted by atomic mass is 16.1. The maximum atomic E-state index is 11.3. The van der Waals surface area contributed by atoms with Crippen LogP contribution in [0.5, 0.6) is 0 Å². The molecule has 3 nitrogen and oxygen atoms in total. The Balaban J connectivity index is 3.27. The second-order valence-electron chi connectivity index (χ2n) is 3.87. The van der Waals surface area contributed by atoms with Crippen LogP contribution in [-0.4, -0.2) is 18.5 Å². The predicted octanol–water partition coefficient (Wildman–Crippen LogP) is 1.81. The van der Waals surface area contributed by atoms with Gasteiger partial charge in [-0.15, -0.1) is 0 Å². The number of hydrogen-bond donors (Lipinski definition) is 2. The molecule has 3 N–H and O–H groups in total. The number of rotatable bonds is 8. The fourth-order valence-electron chi connectivity index (χ4n) is 1.30. The average molecular weight is 200 g/mol. The lowest BCUT2D eigenvalue weighted by atomic mass is 10.1. The first kappa shape index (κ1) is 13.4. The van der Waals surface area contributed by atoms with Gasteiger partial charge in [-0.3, -0.25) is 4.79 Å². The lowest BCUT2D eigenvalue weighted by Crippen LogP contribution is -2.37. The fraction of sp³-hybridized carbons (Fsp3) is 0.909. The minimum Gasteiger partial charge on any atom is -0.352 e. The molecule has 0 aromatic rings. The molecular formula is C11H24N2O. The van der Waals surface area contributed by atoms with Crippen molar-refractivity contribution in [2.45, 2.75) is 58.4 Å². The third-order valence-corrected chi connectivity index (χ3v) is 2.27. The van der Waals surface area contributed by atoms with Crippen molar-refractivity contribution < 1.29 is 4.79 Å². The summed E-state index contributed by atoms with van der Waals surface area (Å²) < 4.78 is 0. The van der Waals surface area contributed by atoms with Gasteiger partial charge in [-0.2, -0.15) is 0 Å². The maximum Gasteiger partial charge on any atom is 0.220 e. The van der Waals surface area contributed by atoms with Gasteiger partial charge in [0.1, 0.15) is 0 Å². The molecule has 0 aliphatic carbocycles. The van der Waals surface area contributed by atoms with E-state index in [9.17, 15) is 4.79 Å². The minimum absolute atomic E-state index is 0.109. The monoisotopic (exact) mass is 200 g/mol. The second-order valence-corrected chi connectivity index (χ2v) is 3.87. The minimum atomic E-state index is 0.109. The summed E-state index contributed by atoms with van der Waals surface area (Å²) >= 11 is 0. The van der Waals surface area contributed by atoms with Gasteiger partial charge >= 0.3 is 0 Å². The van der Waals surface area contributed by atoms with E-state index >= 15 is 0 Å². The molecule has 84 valence electrons. The Labute approximate surface area is 87.4 Å². The van der Waals surface area contributed by atoms with E-state index in [-0.39, 0.29) is 11.9 Å². The van der Waals surface area contributed by atoms with Crippen molar-refractivity contribution in [2.75, 3.05) is 6.54 Å². The molecule has 0 saturated heterocycles. The lowest BCUT2D eigenvalue weighted by molar-refractivity contribution is -0.121. The van der Waals surface area contributed by atoms with Gasteiger partial charge in [0.25, 0.3) is 0 Å². The van der Waals surface area contributed by atoms with Crippen LogP contribution < -0.4 is 11.1 Å². The smallest absolute Gasteiger partial charge is 0.220 e. The zero-order valence-electron chi connectivity index (χ0n) is 9.51.